The Morgan fingerprint density at radius 2 is 2.04 bits per heavy atom. The van der Waals surface area contributed by atoms with E-state index in [1.54, 1.807) is 6.07 Å². The maximum atomic E-state index is 12.4. The fourth-order valence-electron chi connectivity index (χ4n) is 3.19. The highest BCUT2D eigenvalue weighted by Crippen LogP contribution is 2.40. The van der Waals surface area contributed by atoms with Crippen LogP contribution in [0.15, 0.2) is 40.9 Å². The molecule has 1 N–H and O–H groups in total. The zero-order valence-electron chi connectivity index (χ0n) is 14.0. The van der Waals surface area contributed by atoms with E-state index in [1.165, 1.54) is 0 Å². The average molecular weight is 339 g/mol. The summed E-state index contributed by atoms with van der Waals surface area (Å²) in [4.78, 5) is 26.5. The van der Waals surface area contributed by atoms with Gasteiger partial charge in [0.1, 0.15) is 5.76 Å². The molecule has 25 heavy (non-hydrogen) atoms. The second-order valence-corrected chi connectivity index (χ2v) is 6.85. The van der Waals surface area contributed by atoms with E-state index in [0.29, 0.717) is 31.1 Å². The van der Waals surface area contributed by atoms with Crippen molar-refractivity contribution in [3.63, 3.8) is 0 Å². The molecule has 1 saturated carbocycles. The zero-order valence-corrected chi connectivity index (χ0v) is 14.0. The molecule has 1 aromatic heterocycles. The number of amides is 2. The van der Waals surface area contributed by atoms with Crippen LogP contribution in [0.25, 0.3) is 0 Å². The molecule has 4 rings (SSSR count). The SMILES string of the molecule is O=C(NC1CCN(Cc2ccccc2)C(=O)C1)c1cc(C2CC2)on1. The fraction of sp³-hybridized carbons (Fsp3) is 0.421. The van der Waals surface area contributed by atoms with Crippen molar-refractivity contribution < 1.29 is 14.1 Å². The summed E-state index contributed by atoms with van der Waals surface area (Å²) >= 11 is 0. The number of hydrogen-bond acceptors (Lipinski definition) is 4. The van der Waals surface area contributed by atoms with Crippen molar-refractivity contribution in [2.24, 2.45) is 0 Å². The highest BCUT2D eigenvalue weighted by atomic mass is 16.5. The molecule has 6 heteroatoms. The van der Waals surface area contributed by atoms with Crippen molar-refractivity contribution in [3.8, 4) is 0 Å². The molecule has 0 spiro atoms. The Morgan fingerprint density at radius 1 is 1.24 bits per heavy atom. The van der Waals surface area contributed by atoms with Gasteiger partial charge in [-0.1, -0.05) is 35.5 Å². The molecule has 2 aromatic rings. The minimum absolute atomic E-state index is 0.0687. The number of carbonyl (C=O) groups is 2. The molecule has 1 saturated heterocycles. The Hall–Kier alpha value is -2.63. The highest BCUT2D eigenvalue weighted by molar-refractivity contribution is 5.93. The summed E-state index contributed by atoms with van der Waals surface area (Å²) in [7, 11) is 0. The maximum absolute atomic E-state index is 12.4. The first-order valence-corrected chi connectivity index (χ1v) is 8.78. The van der Waals surface area contributed by atoms with Crippen molar-refractivity contribution >= 4 is 11.8 Å². The molecule has 2 amide bonds. The number of nitrogens with zero attached hydrogens (tertiary/aromatic N) is 2. The molecule has 1 atom stereocenters. The lowest BCUT2D eigenvalue weighted by Crippen LogP contribution is -2.47. The van der Waals surface area contributed by atoms with E-state index in [1.807, 2.05) is 35.2 Å². The Kier molecular flexibility index (Phi) is 4.26. The number of nitrogens with one attached hydrogen (secondary N) is 1. The van der Waals surface area contributed by atoms with Gasteiger partial charge in [-0.3, -0.25) is 9.59 Å². The Balaban J connectivity index is 1.31. The number of carbonyl (C=O) groups excluding carboxylic acids is 2. The third kappa shape index (κ3) is 3.73. The van der Waals surface area contributed by atoms with Crippen molar-refractivity contribution in [1.29, 1.82) is 0 Å². The molecule has 6 nitrogen and oxygen atoms in total. The van der Waals surface area contributed by atoms with Crippen LogP contribution >= 0.6 is 0 Å². The van der Waals surface area contributed by atoms with Crippen LogP contribution in [-0.2, 0) is 11.3 Å². The Bertz CT molecular complexity index is 767. The summed E-state index contributed by atoms with van der Waals surface area (Å²) in [6, 6.07) is 11.5. The smallest absolute Gasteiger partial charge is 0.273 e. The molecular weight excluding hydrogens is 318 g/mol. The average Bonchev–Trinajstić information content (AvgIpc) is 3.35. The van der Waals surface area contributed by atoms with Crippen LogP contribution in [0.2, 0.25) is 0 Å². The topological polar surface area (TPSA) is 75.4 Å². The van der Waals surface area contributed by atoms with Gasteiger partial charge in [0.25, 0.3) is 5.91 Å². The second kappa shape index (κ2) is 6.70. The Morgan fingerprint density at radius 3 is 2.76 bits per heavy atom. The van der Waals surface area contributed by atoms with Crippen LogP contribution in [0.4, 0.5) is 0 Å². The van der Waals surface area contributed by atoms with Crippen molar-refractivity contribution in [3.05, 3.63) is 53.4 Å². The normalized spacial score (nSPS) is 20.6. The number of benzene rings is 1. The molecular formula is C19H21N3O3. The van der Waals surface area contributed by atoms with Crippen molar-refractivity contribution in [1.82, 2.24) is 15.4 Å². The van der Waals surface area contributed by atoms with Gasteiger partial charge in [-0.05, 0) is 24.8 Å². The third-order valence-electron chi connectivity index (χ3n) is 4.81. The van der Waals surface area contributed by atoms with E-state index >= 15 is 0 Å². The first-order chi connectivity index (χ1) is 12.2. The van der Waals surface area contributed by atoms with Gasteiger partial charge >= 0.3 is 0 Å². The zero-order chi connectivity index (χ0) is 17.2. The number of hydrogen-bond donors (Lipinski definition) is 1. The van der Waals surface area contributed by atoms with E-state index in [2.05, 4.69) is 10.5 Å². The van der Waals surface area contributed by atoms with E-state index in [0.717, 1.165) is 30.6 Å². The molecule has 0 bridgehead atoms. The summed E-state index contributed by atoms with van der Waals surface area (Å²) < 4.78 is 5.22. The van der Waals surface area contributed by atoms with Gasteiger partial charge in [-0.15, -0.1) is 0 Å². The molecule has 130 valence electrons. The first kappa shape index (κ1) is 15.9. The van der Waals surface area contributed by atoms with E-state index in [9.17, 15) is 9.59 Å². The second-order valence-electron chi connectivity index (χ2n) is 6.85. The van der Waals surface area contributed by atoms with Crippen molar-refractivity contribution in [2.75, 3.05) is 6.54 Å². The molecule has 1 aliphatic carbocycles. The third-order valence-corrected chi connectivity index (χ3v) is 4.81. The van der Waals surface area contributed by atoms with Gasteiger partial charge in [0.2, 0.25) is 5.91 Å². The predicted molar refractivity (Wildman–Crippen MR) is 90.8 cm³/mol. The molecule has 2 fully saturated rings. The minimum Gasteiger partial charge on any atom is -0.360 e. The molecule has 1 unspecified atom stereocenters. The van der Waals surface area contributed by atoms with Gasteiger partial charge < -0.3 is 14.7 Å². The van der Waals surface area contributed by atoms with Gasteiger partial charge in [0.15, 0.2) is 5.69 Å². The molecule has 2 heterocycles. The predicted octanol–water partition coefficient (Wildman–Crippen LogP) is 2.47. The summed E-state index contributed by atoms with van der Waals surface area (Å²) in [5, 5.41) is 6.76. The van der Waals surface area contributed by atoms with Crippen molar-refractivity contribution in [2.45, 2.75) is 44.2 Å². The van der Waals surface area contributed by atoms with Crippen LogP contribution in [0.5, 0.6) is 0 Å². The maximum Gasteiger partial charge on any atom is 0.273 e. The van der Waals surface area contributed by atoms with Crippen LogP contribution < -0.4 is 5.32 Å². The molecule has 2 aliphatic rings. The lowest BCUT2D eigenvalue weighted by molar-refractivity contribution is -0.134. The summed E-state index contributed by atoms with van der Waals surface area (Å²) in [5.74, 6) is 1.03. The van der Waals surface area contributed by atoms with Gasteiger partial charge in [-0.25, -0.2) is 0 Å². The summed E-state index contributed by atoms with van der Waals surface area (Å²) in [5.41, 5.74) is 1.43. The quantitative estimate of drug-likeness (QED) is 0.908. The van der Waals surface area contributed by atoms with Gasteiger partial charge in [0, 0.05) is 37.5 Å². The van der Waals surface area contributed by atoms with Gasteiger partial charge in [-0.2, -0.15) is 0 Å². The first-order valence-electron chi connectivity index (χ1n) is 8.78. The highest BCUT2D eigenvalue weighted by Gasteiger charge is 2.30. The summed E-state index contributed by atoms with van der Waals surface area (Å²) in [6.07, 6.45) is 3.28. The lowest BCUT2D eigenvalue weighted by atomic mass is 10.0. The van der Waals surface area contributed by atoms with E-state index in [4.69, 9.17) is 4.52 Å². The van der Waals surface area contributed by atoms with Gasteiger partial charge in [0.05, 0.1) is 0 Å². The largest absolute Gasteiger partial charge is 0.360 e. The monoisotopic (exact) mass is 339 g/mol. The van der Waals surface area contributed by atoms with Crippen LogP contribution in [0.1, 0.15) is 53.4 Å². The number of aromatic nitrogens is 1. The summed E-state index contributed by atoms with van der Waals surface area (Å²) in [6.45, 7) is 1.26. The number of rotatable bonds is 5. The van der Waals surface area contributed by atoms with E-state index < -0.39 is 0 Å². The van der Waals surface area contributed by atoms with Crippen LogP contribution in [-0.4, -0.2) is 34.5 Å². The molecule has 1 aromatic carbocycles. The fourth-order valence-corrected chi connectivity index (χ4v) is 3.19. The molecule has 1 aliphatic heterocycles. The minimum atomic E-state index is -0.259. The standard InChI is InChI=1S/C19H21N3O3/c23-18-10-15(8-9-22(18)12-13-4-2-1-3-5-13)20-19(24)16-11-17(25-21-16)14-6-7-14/h1-5,11,14-15H,6-10,12H2,(H,20,24). The van der Waals surface area contributed by atoms with Crippen LogP contribution in [0.3, 0.4) is 0 Å². The van der Waals surface area contributed by atoms with E-state index in [-0.39, 0.29) is 17.9 Å². The van der Waals surface area contributed by atoms with Crippen LogP contribution in [0, 0.1) is 0 Å². The number of likely N-dealkylation sites (tertiary alicyclic amines) is 1. The number of piperidine rings is 1. The molecule has 0 radical (unpaired) electrons. The Labute approximate surface area is 146 Å². The lowest BCUT2D eigenvalue weighted by Gasteiger charge is -2.32.